The highest BCUT2D eigenvalue weighted by Crippen LogP contribution is 2.33. The molecule has 0 fully saturated rings. The summed E-state index contributed by atoms with van der Waals surface area (Å²) in [7, 11) is 0. The molecule has 0 saturated carbocycles. The van der Waals surface area contributed by atoms with E-state index in [0.29, 0.717) is 28.1 Å². The first kappa shape index (κ1) is 15.5. The fourth-order valence-electron chi connectivity index (χ4n) is 2.54. The van der Waals surface area contributed by atoms with Gasteiger partial charge in [-0.3, -0.25) is 9.97 Å². The van der Waals surface area contributed by atoms with Gasteiger partial charge in [0.25, 0.3) is 0 Å². The molecule has 0 bridgehead atoms. The molecule has 4 rings (SSSR count). The van der Waals surface area contributed by atoms with E-state index in [2.05, 4.69) is 19.9 Å². The Kier molecular flexibility index (Phi) is 3.82. The zero-order chi connectivity index (χ0) is 17.4. The van der Waals surface area contributed by atoms with E-state index in [9.17, 15) is 8.78 Å². The van der Waals surface area contributed by atoms with Gasteiger partial charge in [0.05, 0.1) is 16.4 Å². The molecule has 0 N–H and O–H groups in total. The highest BCUT2D eigenvalue weighted by atomic mass is 35.5. The van der Waals surface area contributed by atoms with Gasteiger partial charge in [-0.25, -0.2) is 18.7 Å². The quantitative estimate of drug-likeness (QED) is 0.490. The summed E-state index contributed by atoms with van der Waals surface area (Å²) in [5.41, 5.74) is 2.66. The first-order chi connectivity index (χ1) is 12.1. The zero-order valence-electron chi connectivity index (χ0n) is 12.6. The van der Waals surface area contributed by atoms with Crippen molar-refractivity contribution < 1.29 is 8.78 Å². The predicted octanol–water partition coefficient (Wildman–Crippen LogP) is 4.69. The molecule has 1 aromatic carbocycles. The smallest absolute Gasteiger partial charge is 0.178 e. The average Bonchev–Trinajstić information content (AvgIpc) is 2.64. The van der Waals surface area contributed by atoms with Gasteiger partial charge in [0.1, 0.15) is 17.2 Å². The molecule has 0 atom stereocenters. The van der Waals surface area contributed by atoms with Crippen molar-refractivity contribution in [2.45, 2.75) is 0 Å². The van der Waals surface area contributed by atoms with Gasteiger partial charge in [0, 0.05) is 35.8 Å². The van der Waals surface area contributed by atoms with Crippen LogP contribution >= 0.6 is 11.6 Å². The lowest BCUT2D eigenvalue weighted by atomic mass is 10.0. The fourth-order valence-corrected chi connectivity index (χ4v) is 2.70. The molecule has 122 valence electrons. The summed E-state index contributed by atoms with van der Waals surface area (Å²) < 4.78 is 27.7. The maximum Gasteiger partial charge on any atom is 0.178 e. The second-order valence-electron chi connectivity index (χ2n) is 5.24. The first-order valence-electron chi connectivity index (χ1n) is 7.31. The lowest BCUT2D eigenvalue weighted by Crippen LogP contribution is -1.96. The lowest BCUT2D eigenvalue weighted by molar-refractivity contribution is 0.585. The highest BCUT2D eigenvalue weighted by Gasteiger charge is 2.16. The van der Waals surface area contributed by atoms with Gasteiger partial charge in [0.2, 0.25) is 0 Å². The minimum absolute atomic E-state index is 0.100. The number of rotatable bonds is 2. The molecule has 0 amide bonds. The number of nitrogens with zero attached hydrogens (tertiary/aromatic N) is 4. The van der Waals surface area contributed by atoms with Crippen LogP contribution in [0.25, 0.3) is 33.7 Å². The largest absolute Gasteiger partial charge is 0.255 e. The van der Waals surface area contributed by atoms with E-state index in [1.165, 1.54) is 12.3 Å². The van der Waals surface area contributed by atoms with Gasteiger partial charge in [-0.05, 0) is 30.3 Å². The van der Waals surface area contributed by atoms with Gasteiger partial charge >= 0.3 is 0 Å². The normalized spacial score (nSPS) is 11.0. The summed E-state index contributed by atoms with van der Waals surface area (Å²) in [5.74, 6) is -1.57. The van der Waals surface area contributed by atoms with Crippen molar-refractivity contribution in [3.63, 3.8) is 0 Å². The molecular weight excluding hydrogens is 346 g/mol. The number of hydrogen-bond donors (Lipinski definition) is 0. The Morgan fingerprint density at radius 3 is 2.52 bits per heavy atom. The average molecular weight is 355 g/mol. The molecule has 3 aromatic heterocycles. The van der Waals surface area contributed by atoms with Gasteiger partial charge in [-0.2, -0.15) is 0 Å². The molecule has 0 saturated heterocycles. The summed E-state index contributed by atoms with van der Waals surface area (Å²) >= 11 is 5.81. The Hall–Kier alpha value is -2.99. The minimum atomic E-state index is -0.820. The number of hydrogen-bond acceptors (Lipinski definition) is 4. The van der Waals surface area contributed by atoms with E-state index in [0.717, 1.165) is 6.07 Å². The maximum atomic E-state index is 14.3. The van der Waals surface area contributed by atoms with Crippen molar-refractivity contribution in [3.8, 4) is 22.5 Å². The molecule has 3 heterocycles. The first-order valence-corrected chi connectivity index (χ1v) is 7.69. The Bertz CT molecular complexity index is 1100. The van der Waals surface area contributed by atoms with E-state index >= 15 is 0 Å². The maximum absolute atomic E-state index is 14.3. The summed E-state index contributed by atoms with van der Waals surface area (Å²) in [5, 5.41) is -0.176. The Morgan fingerprint density at radius 2 is 1.64 bits per heavy atom. The third kappa shape index (κ3) is 2.81. The number of pyridine rings is 2. The van der Waals surface area contributed by atoms with Crippen LogP contribution in [-0.4, -0.2) is 19.9 Å². The van der Waals surface area contributed by atoms with Gasteiger partial charge in [0.15, 0.2) is 5.65 Å². The van der Waals surface area contributed by atoms with Crippen LogP contribution in [0.2, 0.25) is 5.02 Å². The monoisotopic (exact) mass is 354 g/mol. The van der Waals surface area contributed by atoms with Crippen LogP contribution in [0.4, 0.5) is 8.78 Å². The summed E-state index contributed by atoms with van der Waals surface area (Å²) in [6.07, 6.45) is 4.65. The van der Waals surface area contributed by atoms with Crippen LogP contribution in [0.1, 0.15) is 0 Å². The molecule has 0 aliphatic rings. The Labute approximate surface area is 146 Å². The van der Waals surface area contributed by atoms with Crippen LogP contribution in [0, 0.1) is 11.6 Å². The highest BCUT2D eigenvalue weighted by molar-refractivity contribution is 6.31. The molecular formula is C18H9ClF2N4. The SMILES string of the molecule is Fc1cc(F)c(-c2ncccc2-c2ccc3nccnc3n2)cc1Cl. The predicted molar refractivity (Wildman–Crippen MR) is 90.9 cm³/mol. The van der Waals surface area contributed by atoms with Crippen LogP contribution in [-0.2, 0) is 0 Å². The molecule has 0 aliphatic carbocycles. The standard InChI is InChI=1S/C18H9ClF2N4/c19-12-8-11(13(20)9-14(12)21)17-10(2-1-5-23-17)15-3-4-16-18(25-15)24-7-6-22-16/h1-9H. The van der Waals surface area contributed by atoms with E-state index in [4.69, 9.17) is 11.6 Å². The van der Waals surface area contributed by atoms with Crippen LogP contribution in [0.5, 0.6) is 0 Å². The van der Waals surface area contributed by atoms with Gasteiger partial charge in [-0.1, -0.05) is 11.6 Å². The van der Waals surface area contributed by atoms with Crippen molar-refractivity contribution in [1.82, 2.24) is 19.9 Å². The fraction of sp³-hybridized carbons (Fsp3) is 0. The molecule has 25 heavy (non-hydrogen) atoms. The van der Waals surface area contributed by atoms with Crippen molar-refractivity contribution in [1.29, 1.82) is 0 Å². The summed E-state index contributed by atoms with van der Waals surface area (Å²) in [6, 6.07) is 8.96. The molecule has 4 nitrogen and oxygen atoms in total. The molecule has 0 radical (unpaired) electrons. The zero-order valence-corrected chi connectivity index (χ0v) is 13.4. The van der Waals surface area contributed by atoms with Crippen molar-refractivity contribution in [3.05, 3.63) is 71.6 Å². The lowest BCUT2D eigenvalue weighted by Gasteiger charge is -2.10. The van der Waals surface area contributed by atoms with Gasteiger partial charge in [-0.15, -0.1) is 0 Å². The van der Waals surface area contributed by atoms with E-state index in [-0.39, 0.29) is 10.6 Å². The third-order valence-electron chi connectivity index (χ3n) is 3.68. The molecule has 0 unspecified atom stereocenters. The van der Waals surface area contributed by atoms with E-state index in [1.807, 2.05) is 0 Å². The molecule has 4 aromatic rings. The second kappa shape index (κ2) is 6.14. The summed E-state index contributed by atoms with van der Waals surface area (Å²) in [6.45, 7) is 0. The minimum Gasteiger partial charge on any atom is -0.255 e. The van der Waals surface area contributed by atoms with Crippen molar-refractivity contribution in [2.24, 2.45) is 0 Å². The third-order valence-corrected chi connectivity index (χ3v) is 3.97. The van der Waals surface area contributed by atoms with Crippen LogP contribution in [0.15, 0.2) is 55.0 Å². The number of fused-ring (bicyclic) bond motifs is 1. The Balaban J connectivity index is 1.93. The molecule has 0 aliphatic heterocycles. The van der Waals surface area contributed by atoms with E-state index < -0.39 is 11.6 Å². The second-order valence-corrected chi connectivity index (χ2v) is 5.65. The Morgan fingerprint density at radius 1 is 0.800 bits per heavy atom. The van der Waals surface area contributed by atoms with Gasteiger partial charge < -0.3 is 0 Å². The van der Waals surface area contributed by atoms with Crippen molar-refractivity contribution >= 4 is 22.8 Å². The molecule has 7 heteroatoms. The number of aromatic nitrogens is 4. The van der Waals surface area contributed by atoms with Crippen LogP contribution < -0.4 is 0 Å². The van der Waals surface area contributed by atoms with E-state index in [1.54, 1.807) is 36.7 Å². The summed E-state index contributed by atoms with van der Waals surface area (Å²) in [4.78, 5) is 17.0. The molecule has 0 spiro atoms. The number of halogens is 3. The van der Waals surface area contributed by atoms with Crippen LogP contribution in [0.3, 0.4) is 0 Å². The van der Waals surface area contributed by atoms with Crippen molar-refractivity contribution in [2.75, 3.05) is 0 Å². The number of benzene rings is 1. The topological polar surface area (TPSA) is 51.6 Å².